The van der Waals surface area contributed by atoms with Crippen LogP contribution in [0.4, 0.5) is 0 Å². The molecule has 144 valence electrons. The zero-order valence-corrected chi connectivity index (χ0v) is 16.6. The second-order valence-electron chi connectivity index (χ2n) is 7.54. The molecule has 3 rings (SSSR count). The lowest BCUT2D eigenvalue weighted by molar-refractivity contribution is -1.02. The standard InChI is InChI=1S/C24H32N2O/c1-2-3-20-27-24-13-11-23(12-14-24)21-26-18-16-25(17-19-26)15-7-10-22-8-5-4-6-9-22/h4-14H,2-3,15-21H2,1H3/p+2/b10-7+. The van der Waals surface area contributed by atoms with Gasteiger partial charge in [-0.1, -0.05) is 49.8 Å². The summed E-state index contributed by atoms with van der Waals surface area (Å²) in [7, 11) is 0. The minimum absolute atomic E-state index is 0.824. The molecule has 0 aromatic heterocycles. The van der Waals surface area contributed by atoms with Gasteiger partial charge in [-0.05, 0) is 42.3 Å². The molecule has 0 atom stereocenters. The van der Waals surface area contributed by atoms with E-state index in [1.165, 1.54) is 43.7 Å². The van der Waals surface area contributed by atoms with Crippen LogP contribution in [0, 0.1) is 0 Å². The summed E-state index contributed by atoms with van der Waals surface area (Å²) >= 11 is 0. The number of nitrogens with one attached hydrogen (secondary N) is 2. The Morgan fingerprint density at radius 2 is 1.59 bits per heavy atom. The lowest BCUT2D eigenvalue weighted by atomic mass is 10.2. The molecule has 2 aromatic rings. The Morgan fingerprint density at radius 1 is 0.889 bits per heavy atom. The number of unbranched alkanes of at least 4 members (excludes halogenated alkanes) is 1. The van der Waals surface area contributed by atoms with Gasteiger partial charge >= 0.3 is 0 Å². The molecular formula is C24H34N2O+2. The monoisotopic (exact) mass is 366 g/mol. The van der Waals surface area contributed by atoms with Crippen molar-refractivity contribution in [1.29, 1.82) is 0 Å². The molecule has 0 amide bonds. The third-order valence-corrected chi connectivity index (χ3v) is 5.32. The van der Waals surface area contributed by atoms with E-state index in [-0.39, 0.29) is 0 Å². The van der Waals surface area contributed by atoms with Crippen molar-refractivity contribution in [3.05, 3.63) is 71.8 Å². The second kappa shape index (κ2) is 10.9. The number of hydrogen-bond acceptors (Lipinski definition) is 1. The summed E-state index contributed by atoms with van der Waals surface area (Å²) in [5, 5.41) is 0. The Balaban J connectivity index is 1.37. The van der Waals surface area contributed by atoms with Gasteiger partial charge in [0.2, 0.25) is 0 Å². The van der Waals surface area contributed by atoms with E-state index in [9.17, 15) is 0 Å². The lowest BCUT2D eigenvalue weighted by Crippen LogP contribution is -3.27. The van der Waals surface area contributed by atoms with Gasteiger partial charge < -0.3 is 14.5 Å². The molecule has 2 aromatic carbocycles. The van der Waals surface area contributed by atoms with Crippen LogP contribution < -0.4 is 14.5 Å². The van der Waals surface area contributed by atoms with E-state index in [0.717, 1.165) is 31.9 Å². The fourth-order valence-corrected chi connectivity index (χ4v) is 3.59. The maximum Gasteiger partial charge on any atom is 0.127 e. The fourth-order valence-electron chi connectivity index (χ4n) is 3.59. The van der Waals surface area contributed by atoms with Crippen LogP contribution in [0.2, 0.25) is 0 Å². The minimum atomic E-state index is 0.824. The maximum absolute atomic E-state index is 5.76. The summed E-state index contributed by atoms with van der Waals surface area (Å²) in [6.07, 6.45) is 6.87. The first kappa shape index (κ1) is 19.7. The van der Waals surface area contributed by atoms with Crippen LogP contribution in [-0.2, 0) is 6.54 Å². The van der Waals surface area contributed by atoms with Gasteiger partial charge in [0.05, 0.1) is 13.2 Å². The van der Waals surface area contributed by atoms with Gasteiger partial charge in [0.25, 0.3) is 0 Å². The third-order valence-electron chi connectivity index (χ3n) is 5.32. The van der Waals surface area contributed by atoms with E-state index >= 15 is 0 Å². The highest BCUT2D eigenvalue weighted by Crippen LogP contribution is 2.12. The normalized spacial score (nSPS) is 20.0. The van der Waals surface area contributed by atoms with Gasteiger partial charge in [0.15, 0.2) is 0 Å². The zero-order chi connectivity index (χ0) is 18.7. The predicted octanol–water partition coefficient (Wildman–Crippen LogP) is 1.86. The lowest BCUT2D eigenvalue weighted by Gasteiger charge is -2.29. The van der Waals surface area contributed by atoms with Crippen molar-refractivity contribution in [2.75, 3.05) is 39.3 Å². The molecule has 27 heavy (non-hydrogen) atoms. The highest BCUT2D eigenvalue weighted by Gasteiger charge is 2.21. The van der Waals surface area contributed by atoms with Crippen LogP contribution in [0.5, 0.6) is 5.75 Å². The molecule has 0 bridgehead atoms. The Morgan fingerprint density at radius 3 is 2.30 bits per heavy atom. The topological polar surface area (TPSA) is 18.1 Å². The van der Waals surface area contributed by atoms with E-state index < -0.39 is 0 Å². The first-order valence-electron chi connectivity index (χ1n) is 10.4. The third kappa shape index (κ3) is 6.85. The van der Waals surface area contributed by atoms with Crippen molar-refractivity contribution in [2.24, 2.45) is 0 Å². The van der Waals surface area contributed by atoms with Crippen molar-refractivity contribution in [2.45, 2.75) is 26.3 Å². The first-order chi connectivity index (χ1) is 13.3. The van der Waals surface area contributed by atoms with Crippen molar-refractivity contribution in [1.82, 2.24) is 0 Å². The molecule has 0 spiro atoms. The van der Waals surface area contributed by atoms with Crippen LogP contribution in [-0.4, -0.2) is 39.3 Å². The molecule has 0 saturated carbocycles. The van der Waals surface area contributed by atoms with E-state index in [1.54, 1.807) is 9.80 Å². The zero-order valence-electron chi connectivity index (χ0n) is 16.6. The molecule has 1 fully saturated rings. The van der Waals surface area contributed by atoms with Crippen molar-refractivity contribution in [3.8, 4) is 5.75 Å². The van der Waals surface area contributed by atoms with Crippen LogP contribution in [0.1, 0.15) is 30.9 Å². The molecule has 1 heterocycles. The molecule has 0 unspecified atom stereocenters. The van der Waals surface area contributed by atoms with E-state index in [1.807, 2.05) is 0 Å². The van der Waals surface area contributed by atoms with Crippen molar-refractivity contribution in [3.63, 3.8) is 0 Å². The summed E-state index contributed by atoms with van der Waals surface area (Å²) in [6.45, 7) is 10.3. The predicted molar refractivity (Wildman–Crippen MR) is 112 cm³/mol. The van der Waals surface area contributed by atoms with Gasteiger partial charge in [0, 0.05) is 5.56 Å². The average molecular weight is 367 g/mol. The average Bonchev–Trinajstić information content (AvgIpc) is 2.72. The molecular weight excluding hydrogens is 332 g/mol. The summed E-state index contributed by atoms with van der Waals surface area (Å²) in [5.41, 5.74) is 2.71. The highest BCUT2D eigenvalue weighted by atomic mass is 16.5. The van der Waals surface area contributed by atoms with Crippen molar-refractivity contribution < 1.29 is 14.5 Å². The number of rotatable bonds is 9. The Labute approximate surface area is 164 Å². The largest absolute Gasteiger partial charge is 0.494 e. The molecule has 3 heteroatoms. The Bertz CT molecular complexity index is 673. The number of piperazine rings is 1. The van der Waals surface area contributed by atoms with E-state index in [0.29, 0.717) is 0 Å². The van der Waals surface area contributed by atoms with E-state index in [4.69, 9.17) is 4.74 Å². The van der Waals surface area contributed by atoms with Crippen LogP contribution in [0.15, 0.2) is 60.7 Å². The number of quaternary nitrogens is 2. The molecule has 1 aliphatic heterocycles. The fraction of sp³-hybridized carbons (Fsp3) is 0.417. The second-order valence-corrected chi connectivity index (χ2v) is 7.54. The Kier molecular flexibility index (Phi) is 7.94. The number of benzene rings is 2. The molecule has 1 saturated heterocycles. The van der Waals surface area contributed by atoms with Crippen LogP contribution in [0.3, 0.4) is 0 Å². The summed E-state index contributed by atoms with van der Waals surface area (Å²) < 4.78 is 5.76. The highest BCUT2D eigenvalue weighted by molar-refractivity contribution is 5.48. The molecule has 3 nitrogen and oxygen atoms in total. The smallest absolute Gasteiger partial charge is 0.127 e. The van der Waals surface area contributed by atoms with Crippen LogP contribution in [0.25, 0.3) is 6.08 Å². The number of ether oxygens (including phenoxy) is 1. The van der Waals surface area contributed by atoms with Gasteiger partial charge in [-0.3, -0.25) is 0 Å². The van der Waals surface area contributed by atoms with Gasteiger partial charge in [0.1, 0.15) is 38.5 Å². The first-order valence-corrected chi connectivity index (χ1v) is 10.4. The van der Waals surface area contributed by atoms with Crippen molar-refractivity contribution >= 4 is 6.08 Å². The molecule has 2 N–H and O–H groups in total. The number of hydrogen-bond donors (Lipinski definition) is 2. The van der Waals surface area contributed by atoms with Gasteiger partial charge in [-0.2, -0.15) is 0 Å². The maximum atomic E-state index is 5.76. The molecule has 0 aliphatic carbocycles. The Hall–Kier alpha value is -2.10. The molecule has 1 aliphatic rings. The summed E-state index contributed by atoms with van der Waals surface area (Å²) in [4.78, 5) is 3.40. The minimum Gasteiger partial charge on any atom is -0.494 e. The van der Waals surface area contributed by atoms with Gasteiger partial charge in [-0.15, -0.1) is 0 Å². The van der Waals surface area contributed by atoms with Crippen LogP contribution >= 0.6 is 0 Å². The quantitative estimate of drug-likeness (QED) is 0.649. The molecule has 0 radical (unpaired) electrons. The summed E-state index contributed by atoms with van der Waals surface area (Å²) in [5.74, 6) is 1.00. The van der Waals surface area contributed by atoms with E-state index in [2.05, 4.69) is 73.7 Å². The summed E-state index contributed by atoms with van der Waals surface area (Å²) in [6, 6.07) is 19.3. The SMILES string of the molecule is CCCCOc1ccc(C[NH+]2CC[NH+](C/C=C/c3ccccc3)CC2)cc1. The van der Waals surface area contributed by atoms with Gasteiger partial charge in [-0.25, -0.2) is 0 Å².